The number of carbonyl (C=O) groups excluding carboxylic acids is 1. The predicted octanol–water partition coefficient (Wildman–Crippen LogP) is 4.95. The first kappa shape index (κ1) is 33.3. The van der Waals surface area contributed by atoms with Crippen molar-refractivity contribution in [2.45, 2.75) is 45.7 Å². The first-order valence-electron chi connectivity index (χ1n) is 15.6. The van der Waals surface area contributed by atoms with Gasteiger partial charge < -0.3 is 20.4 Å². The van der Waals surface area contributed by atoms with Crippen LogP contribution in [0.1, 0.15) is 43.7 Å². The molecule has 1 aliphatic rings. The third-order valence-electron chi connectivity index (χ3n) is 8.14. The lowest BCUT2D eigenvalue weighted by atomic mass is 10.1. The van der Waals surface area contributed by atoms with E-state index in [0.29, 0.717) is 60.8 Å². The number of benzene rings is 2. The van der Waals surface area contributed by atoms with Crippen molar-refractivity contribution in [3.05, 3.63) is 86.1 Å². The molecule has 0 spiro atoms. The standard InChI is InChI=1S/C33H40F2N6O4S/c1-4-36-32(43)37-23-14-12-22(13-15-23)29-25(20-38(2)18-19-45-3)28-30(42)41(39-16-7-5-6-8-17-39)33(44)40(31(28)46-29)21-24-26(34)10-9-11-27(24)35/h9-15H,4-8,16-21H2,1-3H3,(H2,36,37,43). The summed E-state index contributed by atoms with van der Waals surface area (Å²) in [6, 6.07) is 10.5. The highest BCUT2D eigenvalue weighted by molar-refractivity contribution is 7.22. The number of rotatable bonds is 11. The Morgan fingerprint density at radius 3 is 2.30 bits per heavy atom. The van der Waals surface area contributed by atoms with E-state index in [4.69, 9.17) is 4.74 Å². The Morgan fingerprint density at radius 1 is 1.00 bits per heavy atom. The van der Waals surface area contributed by atoms with E-state index in [1.54, 1.807) is 24.3 Å². The minimum Gasteiger partial charge on any atom is -0.383 e. The zero-order valence-electron chi connectivity index (χ0n) is 26.4. The van der Waals surface area contributed by atoms with Crippen LogP contribution in [0.4, 0.5) is 19.3 Å². The Kier molecular flexibility index (Phi) is 10.9. The van der Waals surface area contributed by atoms with E-state index in [9.17, 15) is 23.2 Å². The van der Waals surface area contributed by atoms with Gasteiger partial charge in [-0.05, 0) is 62.2 Å². The van der Waals surface area contributed by atoms with Crippen LogP contribution in [0.5, 0.6) is 0 Å². The van der Waals surface area contributed by atoms with Crippen molar-refractivity contribution in [1.29, 1.82) is 0 Å². The molecular formula is C33H40F2N6O4S. The van der Waals surface area contributed by atoms with E-state index in [-0.39, 0.29) is 18.1 Å². The molecule has 13 heteroatoms. The minimum absolute atomic E-state index is 0.249. The van der Waals surface area contributed by atoms with Gasteiger partial charge in [0.2, 0.25) is 0 Å². The van der Waals surface area contributed by atoms with Crippen LogP contribution in [-0.2, 0) is 17.8 Å². The number of thiophene rings is 1. The zero-order chi connectivity index (χ0) is 32.8. The first-order chi connectivity index (χ1) is 22.2. The summed E-state index contributed by atoms with van der Waals surface area (Å²) in [5.41, 5.74) is 0.746. The molecule has 10 nitrogen and oxygen atoms in total. The van der Waals surface area contributed by atoms with Crippen LogP contribution in [0.15, 0.2) is 52.1 Å². The number of ether oxygens (including phenoxy) is 1. The average molecular weight is 655 g/mol. The molecule has 0 unspecified atom stereocenters. The zero-order valence-corrected chi connectivity index (χ0v) is 27.2. The quantitative estimate of drug-likeness (QED) is 0.238. The fourth-order valence-electron chi connectivity index (χ4n) is 5.76. The van der Waals surface area contributed by atoms with Crippen molar-refractivity contribution in [3.8, 4) is 10.4 Å². The van der Waals surface area contributed by atoms with Gasteiger partial charge in [-0.2, -0.15) is 4.68 Å². The lowest BCUT2D eigenvalue weighted by Crippen LogP contribution is -2.53. The number of urea groups is 1. The molecule has 1 aliphatic heterocycles. The number of nitrogens with zero attached hydrogens (tertiary/aromatic N) is 4. The molecule has 2 amide bonds. The van der Waals surface area contributed by atoms with Gasteiger partial charge in [0.05, 0.1) is 18.5 Å². The Hall–Kier alpha value is -4.07. The molecular weight excluding hydrogens is 614 g/mol. The SMILES string of the molecule is CCNC(=O)Nc1ccc(-c2sc3c(c2CN(C)CCOC)c(=O)n(N2CCCCCC2)c(=O)n3Cc2c(F)cccc2F)cc1. The Morgan fingerprint density at radius 2 is 1.67 bits per heavy atom. The molecule has 2 N–H and O–H groups in total. The third-order valence-corrected chi connectivity index (χ3v) is 9.45. The van der Waals surface area contributed by atoms with Crippen LogP contribution in [0, 0.1) is 11.6 Å². The van der Waals surface area contributed by atoms with Crippen molar-refractivity contribution in [2.75, 3.05) is 57.3 Å². The second-order valence-corrected chi connectivity index (χ2v) is 12.4. The minimum atomic E-state index is -0.765. The van der Waals surface area contributed by atoms with Gasteiger partial charge in [-0.3, -0.25) is 14.3 Å². The number of likely N-dealkylation sites (N-methyl/N-ethyl adjacent to an activating group) is 1. The highest BCUT2D eigenvalue weighted by Gasteiger charge is 2.27. The fourth-order valence-corrected chi connectivity index (χ4v) is 7.06. The molecule has 2 aromatic carbocycles. The smallest absolute Gasteiger partial charge is 0.351 e. The van der Waals surface area contributed by atoms with Gasteiger partial charge >= 0.3 is 11.7 Å². The summed E-state index contributed by atoms with van der Waals surface area (Å²) in [6.45, 7) is 4.40. The van der Waals surface area contributed by atoms with Crippen molar-refractivity contribution in [3.63, 3.8) is 0 Å². The van der Waals surface area contributed by atoms with E-state index in [1.807, 2.05) is 31.0 Å². The number of anilines is 1. The molecule has 1 saturated heterocycles. The van der Waals surface area contributed by atoms with Crippen LogP contribution in [0.3, 0.4) is 0 Å². The number of hydrogen-bond donors (Lipinski definition) is 2. The number of amides is 2. The maximum atomic E-state index is 15.0. The molecule has 46 heavy (non-hydrogen) atoms. The van der Waals surface area contributed by atoms with E-state index >= 15 is 0 Å². The topological polar surface area (TPSA) is 101 Å². The summed E-state index contributed by atoms with van der Waals surface area (Å²) in [5, 5.41) is 7.61. The molecule has 0 radical (unpaired) electrons. The molecule has 0 saturated carbocycles. The van der Waals surface area contributed by atoms with Gasteiger partial charge in [-0.1, -0.05) is 31.0 Å². The molecule has 2 aromatic heterocycles. The van der Waals surface area contributed by atoms with Crippen LogP contribution >= 0.6 is 11.3 Å². The largest absolute Gasteiger partial charge is 0.383 e. The van der Waals surface area contributed by atoms with Crippen molar-refractivity contribution in [1.82, 2.24) is 19.5 Å². The monoisotopic (exact) mass is 654 g/mol. The van der Waals surface area contributed by atoms with Crippen molar-refractivity contribution >= 4 is 33.3 Å². The van der Waals surface area contributed by atoms with E-state index < -0.39 is 22.9 Å². The molecule has 0 atom stereocenters. The van der Waals surface area contributed by atoms with Gasteiger partial charge in [-0.15, -0.1) is 11.3 Å². The second-order valence-electron chi connectivity index (χ2n) is 11.4. The first-order valence-corrected chi connectivity index (χ1v) is 16.4. The number of fused-ring (bicyclic) bond motifs is 1. The average Bonchev–Trinajstić information content (AvgIpc) is 3.19. The normalized spacial score (nSPS) is 13.7. The molecule has 3 heterocycles. The number of hydrogen-bond acceptors (Lipinski definition) is 7. The van der Waals surface area contributed by atoms with Crippen LogP contribution in [0.2, 0.25) is 0 Å². The van der Waals surface area contributed by atoms with Crippen LogP contribution in [0.25, 0.3) is 20.7 Å². The van der Waals surface area contributed by atoms with Crippen molar-refractivity contribution < 1.29 is 18.3 Å². The Bertz CT molecular complexity index is 1770. The number of halogens is 2. The molecule has 5 rings (SSSR count). The highest BCUT2D eigenvalue weighted by atomic mass is 32.1. The lowest BCUT2D eigenvalue weighted by molar-refractivity contribution is 0.159. The van der Waals surface area contributed by atoms with Gasteiger partial charge in [0.25, 0.3) is 5.56 Å². The van der Waals surface area contributed by atoms with E-state index in [0.717, 1.165) is 48.3 Å². The van der Waals surface area contributed by atoms with E-state index in [2.05, 4.69) is 10.6 Å². The van der Waals surface area contributed by atoms with Crippen LogP contribution < -0.4 is 26.9 Å². The summed E-state index contributed by atoms with van der Waals surface area (Å²) in [7, 11) is 3.54. The summed E-state index contributed by atoms with van der Waals surface area (Å²) >= 11 is 1.24. The molecule has 246 valence electrons. The number of aromatic nitrogens is 2. The number of methoxy groups -OCH3 is 1. The summed E-state index contributed by atoms with van der Waals surface area (Å²) in [5.74, 6) is -1.53. The lowest BCUT2D eigenvalue weighted by Gasteiger charge is -2.25. The maximum Gasteiger partial charge on any atom is 0.351 e. The summed E-state index contributed by atoms with van der Waals surface area (Å²) < 4.78 is 37.8. The molecule has 4 aromatic rings. The Balaban J connectivity index is 1.75. The molecule has 1 fully saturated rings. The van der Waals surface area contributed by atoms with Crippen molar-refractivity contribution in [2.24, 2.45) is 0 Å². The molecule has 0 bridgehead atoms. The van der Waals surface area contributed by atoms with E-state index in [1.165, 1.54) is 26.6 Å². The maximum absolute atomic E-state index is 15.0. The number of nitrogens with one attached hydrogen (secondary N) is 2. The fraction of sp³-hybridized carbons (Fsp3) is 0.424. The van der Waals surface area contributed by atoms with Crippen LogP contribution in [-0.4, -0.2) is 67.1 Å². The van der Waals surface area contributed by atoms with Gasteiger partial charge in [0.15, 0.2) is 0 Å². The molecule has 0 aliphatic carbocycles. The predicted molar refractivity (Wildman–Crippen MR) is 179 cm³/mol. The highest BCUT2D eigenvalue weighted by Crippen LogP contribution is 2.38. The number of carbonyl (C=O) groups is 1. The summed E-state index contributed by atoms with van der Waals surface area (Å²) in [6.07, 6.45) is 3.63. The third kappa shape index (κ3) is 7.16. The van der Waals surface area contributed by atoms with Gasteiger partial charge in [-0.25, -0.2) is 18.4 Å². The summed E-state index contributed by atoms with van der Waals surface area (Å²) in [4.78, 5) is 43.9. The second kappa shape index (κ2) is 15.0. The van der Waals surface area contributed by atoms with Gasteiger partial charge in [0.1, 0.15) is 16.5 Å². The Labute approximate surface area is 270 Å². The van der Waals surface area contributed by atoms with Gasteiger partial charge in [0, 0.05) is 56.0 Å².